The number of nitrogens with two attached hydrogens (primary N) is 1. The number of carbonyl (C=O) groups is 1. The zero-order valence-corrected chi connectivity index (χ0v) is 15.6. The zero-order chi connectivity index (χ0) is 18.4. The van der Waals surface area contributed by atoms with E-state index < -0.39 is 5.91 Å². The van der Waals surface area contributed by atoms with E-state index in [0.29, 0.717) is 12.3 Å². The van der Waals surface area contributed by atoms with Crippen molar-refractivity contribution in [1.29, 1.82) is 0 Å². The number of nitrogens with one attached hydrogen (secondary N) is 1. The third-order valence-electron chi connectivity index (χ3n) is 4.17. The maximum absolute atomic E-state index is 13.0. The van der Waals surface area contributed by atoms with Crippen LogP contribution in [0.1, 0.15) is 11.1 Å². The first-order valence-electron chi connectivity index (χ1n) is 8.50. The fourth-order valence-corrected chi connectivity index (χ4v) is 2.88. The highest BCUT2D eigenvalue weighted by Crippen LogP contribution is 2.28. The van der Waals surface area contributed by atoms with Crippen molar-refractivity contribution in [1.82, 2.24) is 5.32 Å². The van der Waals surface area contributed by atoms with E-state index in [2.05, 4.69) is 5.32 Å². The van der Waals surface area contributed by atoms with Gasteiger partial charge in [-0.15, -0.1) is 12.4 Å². The molecule has 0 saturated carbocycles. The summed E-state index contributed by atoms with van der Waals surface area (Å²) in [5.74, 6) is -0.0844. The third-order valence-corrected chi connectivity index (χ3v) is 4.17. The second-order valence-electron chi connectivity index (χ2n) is 6.07. The van der Waals surface area contributed by atoms with E-state index in [9.17, 15) is 9.18 Å². The largest absolute Gasteiger partial charge is 0.483 e. The van der Waals surface area contributed by atoms with Gasteiger partial charge in [0.2, 0.25) is 0 Å². The lowest BCUT2D eigenvalue weighted by Gasteiger charge is -2.14. The van der Waals surface area contributed by atoms with Crippen molar-refractivity contribution >= 4 is 29.1 Å². The van der Waals surface area contributed by atoms with Crippen LogP contribution in [0.2, 0.25) is 0 Å². The Morgan fingerprint density at radius 2 is 1.78 bits per heavy atom. The molecule has 0 aliphatic carbocycles. The van der Waals surface area contributed by atoms with E-state index in [1.165, 1.54) is 12.1 Å². The number of halogens is 2. The van der Waals surface area contributed by atoms with Gasteiger partial charge in [0.1, 0.15) is 11.6 Å². The molecule has 4 nitrogen and oxygen atoms in total. The molecule has 0 aliphatic rings. The minimum Gasteiger partial charge on any atom is -0.483 e. The lowest BCUT2D eigenvalue weighted by Crippen LogP contribution is -2.22. The van der Waals surface area contributed by atoms with Crippen LogP contribution in [0.3, 0.4) is 0 Å². The van der Waals surface area contributed by atoms with Gasteiger partial charge in [-0.05, 0) is 47.5 Å². The quantitative estimate of drug-likeness (QED) is 0.579. The van der Waals surface area contributed by atoms with Crippen molar-refractivity contribution in [2.24, 2.45) is 5.73 Å². The molecule has 0 spiro atoms. The van der Waals surface area contributed by atoms with Crippen LogP contribution in [0.25, 0.3) is 10.8 Å². The van der Waals surface area contributed by atoms with Gasteiger partial charge >= 0.3 is 0 Å². The number of fused-ring (bicyclic) bond motifs is 1. The van der Waals surface area contributed by atoms with E-state index in [1.54, 1.807) is 12.1 Å². The van der Waals surface area contributed by atoms with Crippen LogP contribution < -0.4 is 15.8 Å². The van der Waals surface area contributed by atoms with Crippen molar-refractivity contribution in [3.05, 3.63) is 77.6 Å². The van der Waals surface area contributed by atoms with E-state index in [-0.39, 0.29) is 24.8 Å². The molecule has 0 fully saturated rings. The van der Waals surface area contributed by atoms with Crippen molar-refractivity contribution in [2.75, 3.05) is 13.2 Å². The number of carbonyl (C=O) groups excluding carboxylic acids is 1. The normalized spacial score (nSPS) is 10.4. The highest BCUT2D eigenvalue weighted by Gasteiger charge is 2.09. The molecule has 3 N–H and O–H groups in total. The van der Waals surface area contributed by atoms with Crippen LogP contribution in [0, 0.1) is 5.82 Å². The van der Waals surface area contributed by atoms with Gasteiger partial charge in [0.05, 0.1) is 0 Å². The molecular weight excluding hydrogens is 367 g/mol. The summed E-state index contributed by atoms with van der Waals surface area (Å²) in [6.07, 6.45) is 0.794. The first-order chi connectivity index (χ1) is 12.6. The van der Waals surface area contributed by atoms with Gasteiger partial charge in [0.15, 0.2) is 6.61 Å². The van der Waals surface area contributed by atoms with Gasteiger partial charge in [-0.1, -0.05) is 42.5 Å². The molecule has 0 aliphatic heterocycles. The summed E-state index contributed by atoms with van der Waals surface area (Å²) in [6.45, 7) is 1.18. The average molecular weight is 389 g/mol. The SMILES string of the molecule is Cl.NC(=O)COc1ccc2ccccc2c1CNCCc1ccc(F)cc1. The first-order valence-corrected chi connectivity index (χ1v) is 8.50. The number of ether oxygens (including phenoxy) is 1. The van der Waals surface area contributed by atoms with Crippen molar-refractivity contribution in [3.63, 3.8) is 0 Å². The van der Waals surface area contributed by atoms with Gasteiger partial charge < -0.3 is 15.8 Å². The van der Waals surface area contributed by atoms with Crippen molar-refractivity contribution in [2.45, 2.75) is 13.0 Å². The number of hydrogen-bond donors (Lipinski definition) is 2. The Labute approximate surface area is 163 Å². The van der Waals surface area contributed by atoms with Crippen LogP contribution in [0.5, 0.6) is 5.75 Å². The monoisotopic (exact) mass is 388 g/mol. The summed E-state index contributed by atoms with van der Waals surface area (Å²) >= 11 is 0. The summed E-state index contributed by atoms with van der Waals surface area (Å²) < 4.78 is 18.5. The number of primary amides is 1. The molecule has 0 heterocycles. The molecule has 1 amide bonds. The summed E-state index contributed by atoms with van der Waals surface area (Å²) in [4.78, 5) is 11.0. The molecule has 142 valence electrons. The van der Waals surface area contributed by atoms with E-state index >= 15 is 0 Å². The average Bonchev–Trinajstić information content (AvgIpc) is 2.65. The fraction of sp³-hybridized carbons (Fsp3) is 0.190. The highest BCUT2D eigenvalue weighted by atomic mass is 35.5. The van der Waals surface area contributed by atoms with Gasteiger partial charge in [-0.25, -0.2) is 4.39 Å². The van der Waals surface area contributed by atoms with Gasteiger partial charge in [0, 0.05) is 12.1 Å². The Morgan fingerprint density at radius 1 is 1.04 bits per heavy atom. The third kappa shape index (κ3) is 5.67. The van der Waals surface area contributed by atoms with Crippen molar-refractivity contribution in [3.8, 4) is 5.75 Å². The number of amides is 1. The molecular formula is C21H22ClFN2O2. The molecule has 3 aromatic rings. The predicted molar refractivity (Wildman–Crippen MR) is 108 cm³/mol. The molecule has 0 radical (unpaired) electrons. The van der Waals surface area contributed by atoms with Crippen LogP contribution in [0.4, 0.5) is 4.39 Å². The Bertz CT molecular complexity index is 900. The first kappa shape index (κ1) is 20.7. The van der Waals surface area contributed by atoms with Crippen LogP contribution in [-0.4, -0.2) is 19.1 Å². The number of benzene rings is 3. The molecule has 3 aromatic carbocycles. The Hall–Kier alpha value is -2.63. The van der Waals surface area contributed by atoms with Crippen LogP contribution in [0.15, 0.2) is 60.7 Å². The fourth-order valence-electron chi connectivity index (χ4n) is 2.88. The highest BCUT2D eigenvalue weighted by molar-refractivity contribution is 5.88. The molecule has 0 unspecified atom stereocenters. The maximum atomic E-state index is 13.0. The Kier molecular flexibility index (Phi) is 7.58. The summed E-state index contributed by atoms with van der Waals surface area (Å²) in [5, 5.41) is 5.57. The van der Waals surface area contributed by atoms with E-state index in [0.717, 1.165) is 34.9 Å². The van der Waals surface area contributed by atoms with E-state index in [4.69, 9.17) is 10.5 Å². The second kappa shape index (κ2) is 9.90. The molecule has 0 atom stereocenters. The van der Waals surface area contributed by atoms with E-state index in [1.807, 2.05) is 36.4 Å². The minimum atomic E-state index is -0.506. The molecule has 27 heavy (non-hydrogen) atoms. The molecule has 0 saturated heterocycles. The maximum Gasteiger partial charge on any atom is 0.255 e. The van der Waals surface area contributed by atoms with Gasteiger partial charge in [-0.2, -0.15) is 0 Å². The molecule has 0 bridgehead atoms. The number of rotatable bonds is 8. The lowest BCUT2D eigenvalue weighted by atomic mass is 10.0. The summed E-state index contributed by atoms with van der Waals surface area (Å²) in [5.41, 5.74) is 7.25. The topological polar surface area (TPSA) is 64.4 Å². The Balaban J connectivity index is 0.00000261. The van der Waals surface area contributed by atoms with Gasteiger partial charge in [0.25, 0.3) is 5.91 Å². The zero-order valence-electron chi connectivity index (χ0n) is 14.8. The summed E-state index contributed by atoms with van der Waals surface area (Å²) in [6, 6.07) is 18.4. The van der Waals surface area contributed by atoms with Gasteiger partial charge in [-0.3, -0.25) is 4.79 Å². The van der Waals surface area contributed by atoms with Crippen molar-refractivity contribution < 1.29 is 13.9 Å². The molecule has 0 aromatic heterocycles. The minimum absolute atomic E-state index is 0. The lowest BCUT2D eigenvalue weighted by molar-refractivity contribution is -0.119. The molecule has 6 heteroatoms. The number of hydrogen-bond acceptors (Lipinski definition) is 3. The predicted octanol–water partition coefficient (Wildman–Crippen LogP) is 3.60. The smallest absolute Gasteiger partial charge is 0.255 e. The summed E-state index contributed by atoms with van der Waals surface area (Å²) in [7, 11) is 0. The second-order valence-corrected chi connectivity index (χ2v) is 6.07. The molecule has 3 rings (SSSR count). The Morgan fingerprint density at radius 3 is 2.52 bits per heavy atom. The van der Waals surface area contributed by atoms with Crippen LogP contribution >= 0.6 is 12.4 Å². The van der Waals surface area contributed by atoms with Crippen LogP contribution in [-0.2, 0) is 17.8 Å². The standard InChI is InChI=1S/C21H21FN2O2.ClH/c22-17-8-5-15(6-9-17)11-12-24-13-19-18-4-2-1-3-16(18)7-10-20(19)26-14-21(23)25;/h1-10,24H,11-14H2,(H2,23,25);1H.